The van der Waals surface area contributed by atoms with Gasteiger partial charge in [-0.3, -0.25) is 0 Å². The third-order valence-electron chi connectivity index (χ3n) is 3.99. The Bertz CT molecular complexity index is 420. The van der Waals surface area contributed by atoms with Crippen molar-refractivity contribution in [3.05, 3.63) is 34.1 Å². The average molecular weight is 344 g/mol. The molecule has 20 heavy (non-hydrogen) atoms. The highest BCUT2D eigenvalue weighted by Crippen LogP contribution is 2.27. The summed E-state index contributed by atoms with van der Waals surface area (Å²) in [6.07, 6.45) is 3.31. The fourth-order valence-corrected chi connectivity index (χ4v) is 3.48. The lowest BCUT2D eigenvalue weighted by Gasteiger charge is -2.27. The van der Waals surface area contributed by atoms with Crippen molar-refractivity contribution in [2.75, 3.05) is 13.2 Å². The number of nitrogens with one attached hydrogen (secondary N) is 1. The van der Waals surface area contributed by atoms with Crippen molar-refractivity contribution in [3.63, 3.8) is 0 Å². The first-order valence-electron chi connectivity index (χ1n) is 7.40. The first-order valence-corrected chi connectivity index (χ1v) is 8.19. The van der Waals surface area contributed by atoms with Crippen LogP contribution in [-0.2, 0) is 11.2 Å². The summed E-state index contributed by atoms with van der Waals surface area (Å²) < 4.78 is 20.0. The van der Waals surface area contributed by atoms with Gasteiger partial charge in [-0.2, -0.15) is 0 Å². The largest absolute Gasteiger partial charge is 0.378 e. The quantitative estimate of drug-likeness (QED) is 0.845. The van der Waals surface area contributed by atoms with Crippen LogP contribution < -0.4 is 5.32 Å². The van der Waals surface area contributed by atoms with Crippen molar-refractivity contribution >= 4 is 15.9 Å². The molecule has 0 aromatic heterocycles. The minimum Gasteiger partial charge on any atom is -0.378 e. The summed E-state index contributed by atoms with van der Waals surface area (Å²) >= 11 is 3.37. The molecule has 0 radical (unpaired) electrons. The van der Waals surface area contributed by atoms with Crippen LogP contribution in [-0.4, -0.2) is 25.3 Å². The molecule has 3 atom stereocenters. The Morgan fingerprint density at radius 2 is 2.25 bits per heavy atom. The van der Waals surface area contributed by atoms with E-state index in [1.807, 2.05) is 6.07 Å². The standard InChI is InChI=1S/C16H23BrFNO/c1-3-5-19-16(15-4-6-20-11(15)2)9-12-7-13(17)10-14(18)8-12/h7-8,10-11,15-16,19H,3-6,9H2,1-2H3. The fraction of sp³-hybridized carbons (Fsp3) is 0.625. The van der Waals surface area contributed by atoms with Gasteiger partial charge in [-0.05, 0) is 56.5 Å². The van der Waals surface area contributed by atoms with Gasteiger partial charge >= 0.3 is 0 Å². The van der Waals surface area contributed by atoms with Crippen molar-refractivity contribution in [2.24, 2.45) is 5.92 Å². The summed E-state index contributed by atoms with van der Waals surface area (Å²) in [4.78, 5) is 0. The van der Waals surface area contributed by atoms with E-state index < -0.39 is 0 Å². The first kappa shape index (κ1) is 15.9. The summed E-state index contributed by atoms with van der Waals surface area (Å²) in [6.45, 7) is 6.13. The van der Waals surface area contributed by atoms with Crippen molar-refractivity contribution in [3.8, 4) is 0 Å². The minimum absolute atomic E-state index is 0.181. The van der Waals surface area contributed by atoms with E-state index in [0.29, 0.717) is 12.0 Å². The molecule has 2 nitrogen and oxygen atoms in total. The first-order chi connectivity index (χ1) is 9.60. The maximum Gasteiger partial charge on any atom is 0.124 e. The number of halogens is 2. The number of hydrogen-bond donors (Lipinski definition) is 1. The number of benzene rings is 1. The highest BCUT2D eigenvalue weighted by atomic mass is 79.9. The molecule has 1 aliphatic rings. The molecule has 0 saturated carbocycles. The molecule has 112 valence electrons. The normalized spacial score (nSPS) is 24.0. The van der Waals surface area contributed by atoms with Gasteiger partial charge in [-0.1, -0.05) is 22.9 Å². The van der Waals surface area contributed by atoms with E-state index >= 15 is 0 Å². The lowest BCUT2D eigenvalue weighted by molar-refractivity contribution is 0.0954. The summed E-state index contributed by atoms with van der Waals surface area (Å²) in [7, 11) is 0. The molecule has 1 aromatic carbocycles. The van der Waals surface area contributed by atoms with Gasteiger partial charge in [0, 0.05) is 23.0 Å². The Balaban J connectivity index is 2.09. The summed E-state index contributed by atoms with van der Waals surface area (Å²) in [6, 6.07) is 5.48. The van der Waals surface area contributed by atoms with Crippen molar-refractivity contribution in [1.29, 1.82) is 0 Å². The number of ether oxygens (including phenoxy) is 1. The van der Waals surface area contributed by atoms with Gasteiger partial charge in [-0.15, -0.1) is 0 Å². The van der Waals surface area contributed by atoms with E-state index in [-0.39, 0.29) is 11.9 Å². The zero-order chi connectivity index (χ0) is 14.5. The van der Waals surface area contributed by atoms with Gasteiger partial charge in [0.1, 0.15) is 5.82 Å². The molecule has 1 N–H and O–H groups in total. The van der Waals surface area contributed by atoms with Crippen LogP contribution >= 0.6 is 15.9 Å². The van der Waals surface area contributed by atoms with E-state index in [0.717, 1.165) is 42.5 Å². The van der Waals surface area contributed by atoms with Crippen molar-refractivity contribution in [1.82, 2.24) is 5.32 Å². The smallest absolute Gasteiger partial charge is 0.124 e. The molecule has 1 fully saturated rings. The monoisotopic (exact) mass is 343 g/mol. The van der Waals surface area contributed by atoms with E-state index in [9.17, 15) is 4.39 Å². The average Bonchev–Trinajstić information content (AvgIpc) is 2.79. The second-order valence-corrected chi connectivity index (χ2v) is 6.49. The highest BCUT2D eigenvalue weighted by molar-refractivity contribution is 9.10. The molecule has 1 saturated heterocycles. The van der Waals surface area contributed by atoms with Gasteiger partial charge in [0.15, 0.2) is 0 Å². The van der Waals surface area contributed by atoms with Crippen LogP contribution in [0.25, 0.3) is 0 Å². The van der Waals surface area contributed by atoms with Gasteiger partial charge in [0.05, 0.1) is 6.10 Å². The van der Waals surface area contributed by atoms with Crippen LogP contribution in [0.2, 0.25) is 0 Å². The van der Waals surface area contributed by atoms with Crippen LogP contribution in [0.5, 0.6) is 0 Å². The molecule has 0 aliphatic carbocycles. The molecule has 0 bridgehead atoms. The molecule has 1 aliphatic heterocycles. The SMILES string of the molecule is CCCNC(Cc1cc(F)cc(Br)c1)C1CCOC1C. The molecule has 1 aromatic rings. The molecule has 1 heterocycles. The summed E-state index contributed by atoms with van der Waals surface area (Å²) in [5.41, 5.74) is 1.03. The number of rotatable bonds is 6. The van der Waals surface area contributed by atoms with Crippen LogP contribution in [0.4, 0.5) is 4.39 Å². The minimum atomic E-state index is -0.181. The highest BCUT2D eigenvalue weighted by Gasteiger charge is 2.31. The Morgan fingerprint density at radius 1 is 1.45 bits per heavy atom. The molecule has 4 heteroatoms. The Kier molecular flexibility index (Phi) is 6.00. The maximum absolute atomic E-state index is 13.5. The fourth-order valence-electron chi connectivity index (χ4n) is 2.96. The zero-order valence-corrected chi connectivity index (χ0v) is 13.7. The van der Waals surface area contributed by atoms with E-state index in [1.165, 1.54) is 6.07 Å². The molecule has 3 unspecified atom stereocenters. The zero-order valence-electron chi connectivity index (χ0n) is 12.2. The predicted octanol–water partition coefficient (Wildman–Crippen LogP) is 3.92. The van der Waals surface area contributed by atoms with E-state index in [4.69, 9.17) is 4.74 Å². The lowest BCUT2D eigenvalue weighted by Crippen LogP contribution is -2.41. The Labute approximate surface area is 129 Å². The van der Waals surface area contributed by atoms with Crippen LogP contribution in [0.1, 0.15) is 32.3 Å². The van der Waals surface area contributed by atoms with Gasteiger partial charge in [0.25, 0.3) is 0 Å². The molecule has 2 rings (SSSR count). The van der Waals surface area contributed by atoms with E-state index in [2.05, 4.69) is 35.1 Å². The van der Waals surface area contributed by atoms with Crippen LogP contribution in [0.3, 0.4) is 0 Å². The topological polar surface area (TPSA) is 21.3 Å². The Hall–Kier alpha value is -0.450. The second-order valence-electron chi connectivity index (χ2n) is 5.57. The lowest BCUT2D eigenvalue weighted by atomic mass is 9.88. The second kappa shape index (κ2) is 7.53. The predicted molar refractivity (Wildman–Crippen MR) is 83.4 cm³/mol. The third-order valence-corrected chi connectivity index (χ3v) is 4.44. The van der Waals surface area contributed by atoms with Crippen molar-refractivity contribution in [2.45, 2.75) is 45.3 Å². The summed E-state index contributed by atoms with van der Waals surface area (Å²) in [5, 5.41) is 3.61. The molecular formula is C16H23BrFNO. The Morgan fingerprint density at radius 3 is 2.85 bits per heavy atom. The van der Waals surface area contributed by atoms with Gasteiger partial charge in [-0.25, -0.2) is 4.39 Å². The van der Waals surface area contributed by atoms with Crippen LogP contribution in [0.15, 0.2) is 22.7 Å². The summed E-state index contributed by atoms with van der Waals surface area (Å²) in [5.74, 6) is 0.322. The number of hydrogen-bond acceptors (Lipinski definition) is 2. The maximum atomic E-state index is 13.5. The molecule has 0 amide bonds. The van der Waals surface area contributed by atoms with Gasteiger partial charge in [0.2, 0.25) is 0 Å². The molecular weight excluding hydrogens is 321 g/mol. The van der Waals surface area contributed by atoms with E-state index in [1.54, 1.807) is 6.07 Å². The molecule has 0 spiro atoms. The van der Waals surface area contributed by atoms with Crippen LogP contribution in [0, 0.1) is 11.7 Å². The van der Waals surface area contributed by atoms with Gasteiger partial charge < -0.3 is 10.1 Å². The van der Waals surface area contributed by atoms with Crippen molar-refractivity contribution < 1.29 is 9.13 Å². The third kappa shape index (κ3) is 4.27.